The first kappa shape index (κ1) is 13.4. The van der Waals surface area contributed by atoms with Gasteiger partial charge in [-0.05, 0) is 24.7 Å². The van der Waals surface area contributed by atoms with Gasteiger partial charge in [-0.15, -0.1) is 0 Å². The van der Waals surface area contributed by atoms with Gasteiger partial charge in [-0.2, -0.15) is 0 Å². The summed E-state index contributed by atoms with van der Waals surface area (Å²) in [5, 5.41) is 11.6. The van der Waals surface area contributed by atoms with Crippen molar-refractivity contribution < 1.29 is 19.0 Å². The lowest BCUT2D eigenvalue weighted by atomic mass is 10.00. The number of likely N-dealkylation sites (N-methyl/N-ethyl adjacent to an activating group) is 1. The van der Waals surface area contributed by atoms with E-state index in [9.17, 15) is 9.18 Å². The molecule has 0 aromatic heterocycles. The number of halogens is 1. The van der Waals surface area contributed by atoms with Crippen LogP contribution in [0.25, 0.3) is 0 Å². The number of benzene rings is 1. The second-order valence-corrected chi connectivity index (χ2v) is 3.52. The van der Waals surface area contributed by atoms with Crippen LogP contribution in [0.15, 0.2) is 18.2 Å². The fourth-order valence-corrected chi connectivity index (χ4v) is 1.57. The topological polar surface area (TPSA) is 84.6 Å². The number of aliphatic carboxylic acids is 1. The van der Waals surface area contributed by atoms with Crippen LogP contribution < -0.4 is 15.8 Å². The lowest BCUT2D eigenvalue weighted by molar-refractivity contribution is -0.139. The first-order valence-electron chi connectivity index (χ1n) is 5.00. The van der Waals surface area contributed by atoms with Crippen LogP contribution in [0.3, 0.4) is 0 Å². The highest BCUT2D eigenvalue weighted by atomic mass is 19.1. The molecule has 0 amide bonds. The maximum atomic E-state index is 13.5. The molecular weight excluding hydrogens is 227 g/mol. The third-order valence-electron chi connectivity index (χ3n) is 2.49. The molecule has 1 rings (SSSR count). The lowest BCUT2D eigenvalue weighted by Gasteiger charge is -2.20. The van der Waals surface area contributed by atoms with Crippen LogP contribution in [0, 0.1) is 5.82 Å². The molecule has 0 aliphatic rings. The zero-order valence-corrected chi connectivity index (χ0v) is 9.61. The van der Waals surface area contributed by atoms with E-state index in [4.69, 9.17) is 15.6 Å². The van der Waals surface area contributed by atoms with Crippen molar-refractivity contribution in [2.24, 2.45) is 5.73 Å². The fourth-order valence-electron chi connectivity index (χ4n) is 1.57. The molecule has 1 aromatic carbocycles. The smallest absolute Gasteiger partial charge is 0.322 e. The van der Waals surface area contributed by atoms with Gasteiger partial charge in [0, 0.05) is 0 Å². The second kappa shape index (κ2) is 5.60. The largest absolute Gasteiger partial charge is 0.494 e. The van der Waals surface area contributed by atoms with Crippen molar-refractivity contribution in [3.63, 3.8) is 0 Å². The summed E-state index contributed by atoms with van der Waals surface area (Å²) in [6.07, 6.45) is 0. The number of carboxylic acids is 1. The van der Waals surface area contributed by atoms with Crippen molar-refractivity contribution in [2.75, 3.05) is 14.2 Å². The zero-order chi connectivity index (χ0) is 13.0. The predicted octanol–water partition coefficient (Wildman–Crippen LogP) is 0.507. The Balaban J connectivity index is 3.04. The van der Waals surface area contributed by atoms with Gasteiger partial charge in [-0.3, -0.25) is 4.79 Å². The Bertz CT molecular complexity index is 412. The van der Waals surface area contributed by atoms with Gasteiger partial charge in [-0.25, -0.2) is 4.39 Å². The Morgan fingerprint density at radius 1 is 1.59 bits per heavy atom. The summed E-state index contributed by atoms with van der Waals surface area (Å²) >= 11 is 0. The maximum absolute atomic E-state index is 13.5. The van der Waals surface area contributed by atoms with E-state index in [1.54, 1.807) is 13.1 Å². The number of rotatable bonds is 5. The number of methoxy groups -OCH3 is 1. The molecule has 0 fully saturated rings. The Kier molecular flexibility index (Phi) is 4.42. The molecule has 0 aliphatic carbocycles. The highest BCUT2D eigenvalue weighted by molar-refractivity contribution is 5.74. The Hall–Kier alpha value is -1.66. The average Bonchev–Trinajstić information content (AvgIpc) is 2.30. The number of nitrogens with two attached hydrogens (primary N) is 1. The molecule has 5 nitrogen and oxygen atoms in total. The van der Waals surface area contributed by atoms with Crippen LogP contribution in [0.1, 0.15) is 11.6 Å². The van der Waals surface area contributed by atoms with Gasteiger partial charge < -0.3 is 20.9 Å². The summed E-state index contributed by atoms with van der Waals surface area (Å²) in [4.78, 5) is 10.8. The van der Waals surface area contributed by atoms with Gasteiger partial charge in [0.05, 0.1) is 13.2 Å². The standard InChI is InChI=1S/C11H15FN2O3/c1-14-10(9(13)11(15)16)6-3-4-8(17-2)7(12)5-6/h3-5,9-10,14H,13H2,1-2H3,(H,15,16). The van der Waals surface area contributed by atoms with Crippen molar-refractivity contribution >= 4 is 5.97 Å². The molecule has 6 heteroatoms. The predicted molar refractivity (Wildman–Crippen MR) is 60.4 cm³/mol. The van der Waals surface area contributed by atoms with Crippen molar-refractivity contribution in [1.29, 1.82) is 0 Å². The quantitative estimate of drug-likeness (QED) is 0.700. The van der Waals surface area contributed by atoms with E-state index in [1.165, 1.54) is 19.2 Å². The summed E-state index contributed by atoms with van der Waals surface area (Å²) in [6, 6.07) is 2.42. The first-order valence-corrected chi connectivity index (χ1v) is 5.00. The zero-order valence-electron chi connectivity index (χ0n) is 9.61. The van der Waals surface area contributed by atoms with E-state index < -0.39 is 23.9 Å². The molecule has 0 heterocycles. The molecule has 0 saturated heterocycles. The fraction of sp³-hybridized carbons (Fsp3) is 0.364. The monoisotopic (exact) mass is 242 g/mol. The molecule has 17 heavy (non-hydrogen) atoms. The summed E-state index contributed by atoms with van der Waals surface area (Å²) in [5.74, 6) is -1.60. The molecule has 94 valence electrons. The number of carbonyl (C=O) groups is 1. The number of hydrogen-bond acceptors (Lipinski definition) is 4. The molecule has 2 atom stereocenters. The van der Waals surface area contributed by atoms with Gasteiger partial charge in [0.15, 0.2) is 11.6 Å². The van der Waals surface area contributed by atoms with Gasteiger partial charge in [-0.1, -0.05) is 6.07 Å². The minimum Gasteiger partial charge on any atom is -0.494 e. The molecule has 0 bridgehead atoms. The van der Waals surface area contributed by atoms with E-state index in [2.05, 4.69) is 5.32 Å². The molecule has 0 spiro atoms. The Labute approximate surface area is 98.4 Å². The molecule has 0 aliphatic heterocycles. The van der Waals surface area contributed by atoms with E-state index >= 15 is 0 Å². The SMILES string of the molecule is CNC(c1ccc(OC)c(F)c1)C(N)C(=O)O. The number of hydrogen-bond donors (Lipinski definition) is 3. The Morgan fingerprint density at radius 2 is 2.24 bits per heavy atom. The highest BCUT2D eigenvalue weighted by Crippen LogP contribution is 2.23. The summed E-state index contributed by atoms with van der Waals surface area (Å²) in [7, 11) is 2.92. The van der Waals surface area contributed by atoms with Crippen molar-refractivity contribution in [2.45, 2.75) is 12.1 Å². The Morgan fingerprint density at radius 3 is 2.65 bits per heavy atom. The van der Waals surface area contributed by atoms with E-state index in [0.717, 1.165) is 0 Å². The molecule has 4 N–H and O–H groups in total. The van der Waals surface area contributed by atoms with Crippen molar-refractivity contribution in [3.8, 4) is 5.75 Å². The van der Waals surface area contributed by atoms with Gasteiger partial charge in [0.2, 0.25) is 0 Å². The number of ether oxygens (including phenoxy) is 1. The van der Waals surface area contributed by atoms with E-state index in [1.807, 2.05) is 0 Å². The van der Waals surface area contributed by atoms with E-state index in [-0.39, 0.29) is 5.75 Å². The number of nitrogens with one attached hydrogen (secondary N) is 1. The minimum atomic E-state index is -1.15. The normalized spacial score (nSPS) is 14.1. The average molecular weight is 242 g/mol. The summed E-state index contributed by atoms with van der Waals surface area (Å²) < 4.78 is 18.2. The lowest BCUT2D eigenvalue weighted by Crippen LogP contribution is -2.42. The molecule has 0 radical (unpaired) electrons. The van der Waals surface area contributed by atoms with Crippen LogP contribution in [0.5, 0.6) is 5.75 Å². The minimum absolute atomic E-state index is 0.104. The summed E-state index contributed by atoms with van der Waals surface area (Å²) in [5.41, 5.74) is 5.97. The second-order valence-electron chi connectivity index (χ2n) is 3.52. The molecule has 2 unspecified atom stereocenters. The third kappa shape index (κ3) is 2.92. The molecule has 0 saturated carbocycles. The van der Waals surface area contributed by atoms with Crippen LogP contribution in [0.2, 0.25) is 0 Å². The van der Waals surface area contributed by atoms with Crippen molar-refractivity contribution in [1.82, 2.24) is 5.32 Å². The third-order valence-corrected chi connectivity index (χ3v) is 2.49. The highest BCUT2D eigenvalue weighted by Gasteiger charge is 2.25. The van der Waals surface area contributed by atoms with Crippen LogP contribution in [-0.4, -0.2) is 31.3 Å². The van der Waals surface area contributed by atoms with Gasteiger partial charge in [0.1, 0.15) is 6.04 Å². The first-order chi connectivity index (χ1) is 8.01. The van der Waals surface area contributed by atoms with Crippen LogP contribution in [-0.2, 0) is 4.79 Å². The molecule has 1 aromatic rings. The maximum Gasteiger partial charge on any atom is 0.322 e. The number of carboxylic acid groups (broad SMARTS) is 1. The van der Waals surface area contributed by atoms with Gasteiger partial charge >= 0.3 is 5.97 Å². The van der Waals surface area contributed by atoms with Crippen LogP contribution in [0.4, 0.5) is 4.39 Å². The van der Waals surface area contributed by atoms with Crippen molar-refractivity contribution in [3.05, 3.63) is 29.6 Å². The summed E-state index contributed by atoms with van der Waals surface area (Å²) in [6.45, 7) is 0. The molecular formula is C11H15FN2O3. The van der Waals surface area contributed by atoms with E-state index in [0.29, 0.717) is 5.56 Å². The van der Waals surface area contributed by atoms with Gasteiger partial charge in [0.25, 0.3) is 0 Å². The van der Waals surface area contributed by atoms with Crippen LogP contribution >= 0.6 is 0 Å².